The lowest BCUT2D eigenvalue weighted by Gasteiger charge is -2.45. The zero-order chi connectivity index (χ0) is 17.4. The minimum Gasteiger partial charge on any atom is -0.496 e. The van der Waals surface area contributed by atoms with Crippen molar-refractivity contribution in [3.8, 4) is 5.75 Å². The second-order valence-corrected chi connectivity index (χ2v) is 6.64. The Morgan fingerprint density at radius 2 is 2.12 bits per heavy atom. The Balaban J connectivity index is 1.59. The average Bonchev–Trinajstić information content (AvgIpc) is 3.07. The Morgan fingerprint density at radius 1 is 1.32 bits per heavy atom. The van der Waals surface area contributed by atoms with Crippen molar-refractivity contribution < 1.29 is 18.7 Å². The van der Waals surface area contributed by atoms with Crippen LogP contribution in [0.2, 0.25) is 0 Å². The molecule has 4 rings (SSSR count). The number of carbonyl (C=O) groups excluding carboxylic acids is 1. The number of hydrogen-bond acceptors (Lipinski definition) is 5. The van der Waals surface area contributed by atoms with Gasteiger partial charge in [-0.05, 0) is 37.8 Å². The first-order chi connectivity index (χ1) is 12.1. The summed E-state index contributed by atoms with van der Waals surface area (Å²) in [5, 5.41) is 0. The van der Waals surface area contributed by atoms with Crippen molar-refractivity contribution in [3.05, 3.63) is 47.2 Å². The number of likely N-dealkylation sites (tertiary alicyclic amines) is 1. The second kappa shape index (κ2) is 6.19. The molecule has 0 bridgehead atoms. The van der Waals surface area contributed by atoms with Gasteiger partial charge in [-0.3, -0.25) is 4.79 Å². The minimum absolute atomic E-state index is 0.0721. The predicted octanol–water partition coefficient (Wildman–Crippen LogP) is 2.70. The van der Waals surface area contributed by atoms with Crippen molar-refractivity contribution >= 4 is 5.91 Å². The number of benzene rings is 1. The number of aryl methyl sites for hydroxylation is 1. The number of nitrogens with zero attached hydrogens (tertiary/aromatic N) is 2. The summed E-state index contributed by atoms with van der Waals surface area (Å²) in [6, 6.07) is 6.17. The van der Waals surface area contributed by atoms with Crippen LogP contribution in [0.15, 0.2) is 29.0 Å². The van der Waals surface area contributed by atoms with E-state index in [0.29, 0.717) is 31.2 Å². The summed E-state index contributed by atoms with van der Waals surface area (Å²) in [5.74, 6) is 1.37. The fraction of sp³-hybridized carbons (Fsp3) is 0.474. The third kappa shape index (κ3) is 2.61. The van der Waals surface area contributed by atoms with Gasteiger partial charge >= 0.3 is 0 Å². The number of hydrogen-bond donors (Lipinski definition) is 0. The van der Waals surface area contributed by atoms with E-state index in [2.05, 4.69) is 11.1 Å². The van der Waals surface area contributed by atoms with Crippen LogP contribution in [0, 0.1) is 6.92 Å². The molecule has 0 radical (unpaired) electrons. The van der Waals surface area contributed by atoms with Crippen LogP contribution in [0.1, 0.15) is 40.2 Å². The first-order valence-electron chi connectivity index (χ1n) is 8.64. The molecule has 0 aliphatic carbocycles. The van der Waals surface area contributed by atoms with Gasteiger partial charge in [0.2, 0.25) is 0 Å². The molecule has 0 N–H and O–H groups in total. The van der Waals surface area contributed by atoms with E-state index in [9.17, 15) is 4.79 Å². The highest BCUT2D eigenvalue weighted by molar-refractivity contribution is 5.93. The third-order valence-corrected chi connectivity index (χ3v) is 5.34. The Hall–Kier alpha value is -2.34. The molecule has 0 unspecified atom stereocenters. The van der Waals surface area contributed by atoms with E-state index in [1.807, 2.05) is 17.0 Å². The van der Waals surface area contributed by atoms with Crippen molar-refractivity contribution in [2.75, 3.05) is 26.8 Å². The lowest BCUT2D eigenvalue weighted by molar-refractivity contribution is -0.0947. The maximum Gasteiger partial charge on any atom is 0.276 e. The molecule has 3 heterocycles. The molecule has 1 aromatic carbocycles. The lowest BCUT2D eigenvalue weighted by Crippen LogP contribution is -2.48. The Kier molecular flexibility index (Phi) is 4.00. The van der Waals surface area contributed by atoms with Crippen LogP contribution in [-0.2, 0) is 16.8 Å². The molecule has 6 heteroatoms. The van der Waals surface area contributed by atoms with Gasteiger partial charge in [0.25, 0.3) is 5.91 Å². The monoisotopic (exact) mass is 342 g/mol. The molecule has 1 fully saturated rings. The Bertz CT molecular complexity index is 776. The van der Waals surface area contributed by atoms with Crippen molar-refractivity contribution in [2.24, 2.45) is 0 Å². The fourth-order valence-electron chi connectivity index (χ4n) is 4.03. The zero-order valence-corrected chi connectivity index (χ0v) is 14.6. The molecular weight excluding hydrogens is 320 g/mol. The standard InChI is InChI=1S/C19H22N2O4/c1-13-17(20-12-24-13)18(22)21-9-7-19(8-10-21)16-14(6-11-25-19)4-3-5-15(16)23-2/h3-5,12H,6-11H2,1-2H3. The highest BCUT2D eigenvalue weighted by Crippen LogP contribution is 2.45. The molecule has 1 aromatic heterocycles. The van der Waals surface area contributed by atoms with Crippen LogP contribution in [-0.4, -0.2) is 42.6 Å². The molecule has 2 aliphatic rings. The summed E-state index contributed by atoms with van der Waals surface area (Å²) in [5.41, 5.74) is 2.49. The molecule has 1 saturated heterocycles. The SMILES string of the molecule is COc1cccc2c1C1(CCN(C(=O)c3ncoc3C)CC1)OCC2. The van der Waals surface area contributed by atoms with Gasteiger partial charge in [0.15, 0.2) is 12.1 Å². The minimum atomic E-state index is -0.365. The van der Waals surface area contributed by atoms with Crippen LogP contribution < -0.4 is 4.74 Å². The maximum atomic E-state index is 12.7. The van der Waals surface area contributed by atoms with Crippen LogP contribution in [0.5, 0.6) is 5.75 Å². The van der Waals surface area contributed by atoms with Gasteiger partial charge in [-0.15, -0.1) is 0 Å². The molecule has 0 atom stereocenters. The first kappa shape index (κ1) is 16.1. The number of oxazole rings is 1. The highest BCUT2D eigenvalue weighted by Gasteiger charge is 2.44. The quantitative estimate of drug-likeness (QED) is 0.839. The molecule has 0 saturated carbocycles. The maximum absolute atomic E-state index is 12.7. The lowest BCUT2D eigenvalue weighted by atomic mass is 9.78. The van der Waals surface area contributed by atoms with Gasteiger partial charge in [0.1, 0.15) is 17.1 Å². The third-order valence-electron chi connectivity index (χ3n) is 5.34. The number of aromatic nitrogens is 1. The van der Waals surface area contributed by atoms with E-state index >= 15 is 0 Å². The number of carbonyl (C=O) groups is 1. The van der Waals surface area contributed by atoms with Gasteiger partial charge in [-0.1, -0.05) is 12.1 Å². The number of amides is 1. The highest BCUT2D eigenvalue weighted by atomic mass is 16.5. The normalized spacial score (nSPS) is 18.9. The van der Waals surface area contributed by atoms with Crippen molar-refractivity contribution in [3.63, 3.8) is 0 Å². The van der Waals surface area contributed by atoms with Crippen LogP contribution in [0.25, 0.3) is 0 Å². The molecule has 2 aromatic rings. The summed E-state index contributed by atoms with van der Waals surface area (Å²) < 4.78 is 17.0. The number of rotatable bonds is 2. The number of fused-ring (bicyclic) bond motifs is 2. The fourth-order valence-corrected chi connectivity index (χ4v) is 4.03. The number of piperidine rings is 1. The van der Waals surface area contributed by atoms with E-state index in [1.54, 1.807) is 14.0 Å². The summed E-state index contributed by atoms with van der Waals surface area (Å²) in [4.78, 5) is 18.5. The van der Waals surface area contributed by atoms with E-state index in [0.717, 1.165) is 30.6 Å². The number of ether oxygens (including phenoxy) is 2. The van der Waals surface area contributed by atoms with Crippen LogP contribution >= 0.6 is 0 Å². The smallest absolute Gasteiger partial charge is 0.276 e. The van der Waals surface area contributed by atoms with Crippen molar-refractivity contribution in [1.29, 1.82) is 0 Å². The van der Waals surface area contributed by atoms with Crippen LogP contribution in [0.4, 0.5) is 0 Å². The van der Waals surface area contributed by atoms with Crippen molar-refractivity contribution in [1.82, 2.24) is 9.88 Å². The van der Waals surface area contributed by atoms with Gasteiger partial charge < -0.3 is 18.8 Å². The molecule has 25 heavy (non-hydrogen) atoms. The van der Waals surface area contributed by atoms with Crippen LogP contribution in [0.3, 0.4) is 0 Å². The Labute approximate surface area is 146 Å². The molecular formula is C19H22N2O4. The average molecular weight is 342 g/mol. The second-order valence-electron chi connectivity index (χ2n) is 6.64. The van der Waals surface area contributed by atoms with Gasteiger partial charge in [-0.2, -0.15) is 0 Å². The van der Waals surface area contributed by atoms with E-state index in [1.165, 1.54) is 12.0 Å². The van der Waals surface area contributed by atoms with E-state index < -0.39 is 0 Å². The summed E-state index contributed by atoms with van der Waals surface area (Å²) in [7, 11) is 1.70. The largest absolute Gasteiger partial charge is 0.496 e. The molecule has 1 amide bonds. The first-order valence-corrected chi connectivity index (χ1v) is 8.64. The zero-order valence-electron chi connectivity index (χ0n) is 14.6. The van der Waals surface area contributed by atoms with E-state index in [-0.39, 0.29) is 11.5 Å². The summed E-state index contributed by atoms with van der Waals surface area (Å²) in [6.45, 7) is 3.72. The Morgan fingerprint density at radius 3 is 2.80 bits per heavy atom. The molecule has 132 valence electrons. The topological polar surface area (TPSA) is 64.8 Å². The summed E-state index contributed by atoms with van der Waals surface area (Å²) >= 11 is 0. The van der Waals surface area contributed by atoms with Gasteiger partial charge in [0.05, 0.1) is 13.7 Å². The molecule has 2 aliphatic heterocycles. The number of methoxy groups -OCH3 is 1. The predicted molar refractivity (Wildman–Crippen MR) is 90.7 cm³/mol. The van der Waals surface area contributed by atoms with Gasteiger partial charge in [-0.25, -0.2) is 4.98 Å². The summed E-state index contributed by atoms with van der Waals surface area (Å²) in [6.07, 6.45) is 3.72. The molecule has 1 spiro atoms. The van der Waals surface area contributed by atoms with Crippen molar-refractivity contribution in [2.45, 2.75) is 31.8 Å². The molecule has 6 nitrogen and oxygen atoms in total. The van der Waals surface area contributed by atoms with Gasteiger partial charge in [0, 0.05) is 18.7 Å². The van der Waals surface area contributed by atoms with E-state index in [4.69, 9.17) is 13.9 Å².